The first kappa shape index (κ1) is 19.0. The highest BCUT2D eigenvalue weighted by molar-refractivity contribution is 6.01. The highest BCUT2D eigenvalue weighted by Gasteiger charge is 2.13. The summed E-state index contributed by atoms with van der Waals surface area (Å²) in [5.74, 6) is -2.46. The SMILES string of the molecule is O=C(O)c1ccccc1C(=O)O.OCCONOCCO. The summed E-state index contributed by atoms with van der Waals surface area (Å²) in [6.07, 6.45) is 0. The van der Waals surface area contributed by atoms with Gasteiger partial charge >= 0.3 is 11.9 Å². The Bertz CT molecular complexity index is 398. The molecule has 118 valence electrons. The number of carboxylic acid groups (broad SMARTS) is 2. The summed E-state index contributed by atoms with van der Waals surface area (Å²) in [6.45, 7) is 0.224. The molecule has 0 radical (unpaired) electrons. The smallest absolute Gasteiger partial charge is 0.336 e. The lowest BCUT2D eigenvalue weighted by molar-refractivity contribution is -0.178. The van der Waals surface area contributed by atoms with E-state index in [0.29, 0.717) is 0 Å². The maximum atomic E-state index is 10.5. The minimum absolute atomic E-state index is 0.0600. The summed E-state index contributed by atoms with van der Waals surface area (Å²) in [5, 5.41) is 33.4. The molecule has 9 nitrogen and oxygen atoms in total. The van der Waals surface area contributed by atoms with Crippen LogP contribution in [0.5, 0.6) is 0 Å². The third-order valence-corrected chi connectivity index (χ3v) is 1.89. The van der Waals surface area contributed by atoms with Crippen LogP contribution >= 0.6 is 0 Å². The van der Waals surface area contributed by atoms with E-state index in [-0.39, 0.29) is 37.6 Å². The standard InChI is InChI=1S/C8H6O4.C4H11NO4/c9-7(10)5-3-1-2-4-6(5)8(11)12;6-1-3-8-5-9-4-2-7/h1-4H,(H,9,10)(H,11,12);5-7H,1-4H2. The Hall–Kier alpha value is -2.04. The Morgan fingerprint density at radius 1 is 0.905 bits per heavy atom. The van der Waals surface area contributed by atoms with E-state index < -0.39 is 11.9 Å². The van der Waals surface area contributed by atoms with E-state index in [1.807, 2.05) is 0 Å². The van der Waals surface area contributed by atoms with Gasteiger partial charge in [0.25, 0.3) is 0 Å². The fraction of sp³-hybridized carbons (Fsp3) is 0.333. The second kappa shape index (κ2) is 11.8. The predicted molar refractivity (Wildman–Crippen MR) is 69.6 cm³/mol. The zero-order chi connectivity index (χ0) is 16.1. The average Bonchev–Trinajstić information content (AvgIpc) is 2.48. The van der Waals surface area contributed by atoms with E-state index in [4.69, 9.17) is 20.4 Å². The van der Waals surface area contributed by atoms with Crippen molar-refractivity contribution in [3.05, 3.63) is 35.4 Å². The molecule has 1 aromatic carbocycles. The molecule has 0 aliphatic rings. The van der Waals surface area contributed by atoms with E-state index in [2.05, 4.69) is 15.3 Å². The van der Waals surface area contributed by atoms with Crippen LogP contribution < -0.4 is 5.64 Å². The number of aliphatic hydroxyl groups is 2. The molecule has 1 rings (SSSR count). The van der Waals surface area contributed by atoms with E-state index >= 15 is 0 Å². The summed E-state index contributed by atoms with van der Waals surface area (Å²) < 4.78 is 0. The Morgan fingerprint density at radius 2 is 1.29 bits per heavy atom. The van der Waals surface area contributed by atoms with Gasteiger partial charge in [-0.25, -0.2) is 9.59 Å². The number of carboxylic acids is 2. The number of rotatable bonds is 8. The summed E-state index contributed by atoms with van der Waals surface area (Å²) in [4.78, 5) is 29.8. The number of benzene rings is 1. The van der Waals surface area contributed by atoms with Crippen molar-refractivity contribution in [2.75, 3.05) is 26.4 Å². The van der Waals surface area contributed by atoms with Crippen molar-refractivity contribution in [2.45, 2.75) is 0 Å². The molecule has 0 aliphatic carbocycles. The monoisotopic (exact) mass is 303 g/mol. The van der Waals surface area contributed by atoms with Crippen molar-refractivity contribution in [2.24, 2.45) is 0 Å². The molecule has 9 heteroatoms. The zero-order valence-corrected chi connectivity index (χ0v) is 11.1. The molecule has 0 unspecified atom stereocenters. The molecule has 5 N–H and O–H groups in total. The molecule has 21 heavy (non-hydrogen) atoms. The Labute approximate surface area is 120 Å². The zero-order valence-electron chi connectivity index (χ0n) is 11.1. The number of carbonyl (C=O) groups is 2. The molecule has 0 saturated heterocycles. The maximum Gasteiger partial charge on any atom is 0.336 e. The van der Waals surface area contributed by atoms with Crippen molar-refractivity contribution in [1.29, 1.82) is 0 Å². The molecule has 0 spiro atoms. The van der Waals surface area contributed by atoms with Crippen LogP contribution in [0.3, 0.4) is 0 Å². The Kier molecular flexibility index (Phi) is 10.6. The topological polar surface area (TPSA) is 146 Å². The van der Waals surface area contributed by atoms with Gasteiger partial charge in [0.15, 0.2) is 0 Å². The Balaban J connectivity index is 0.000000400. The van der Waals surface area contributed by atoms with Crippen LogP contribution in [0, 0.1) is 0 Å². The lowest BCUT2D eigenvalue weighted by Crippen LogP contribution is -2.19. The van der Waals surface area contributed by atoms with E-state index in [9.17, 15) is 9.59 Å². The molecular formula is C12H17NO8. The molecule has 0 atom stereocenters. The molecule has 0 bridgehead atoms. The van der Waals surface area contributed by atoms with Crippen molar-refractivity contribution < 1.29 is 39.7 Å². The molecule has 0 saturated carbocycles. The lowest BCUT2D eigenvalue weighted by Gasteiger charge is -2.01. The summed E-state index contributed by atoms with van der Waals surface area (Å²) >= 11 is 0. The van der Waals surface area contributed by atoms with Crippen LogP contribution in [0.4, 0.5) is 0 Å². The molecule has 0 fully saturated rings. The normalized spacial score (nSPS) is 9.62. The van der Waals surface area contributed by atoms with Crippen LogP contribution in [0.1, 0.15) is 20.7 Å². The number of hydrogen-bond donors (Lipinski definition) is 5. The van der Waals surface area contributed by atoms with E-state index in [0.717, 1.165) is 0 Å². The summed E-state index contributed by atoms with van der Waals surface area (Å²) in [7, 11) is 0. The van der Waals surface area contributed by atoms with Gasteiger partial charge in [0.05, 0.1) is 37.6 Å². The third-order valence-electron chi connectivity index (χ3n) is 1.89. The first-order valence-electron chi connectivity index (χ1n) is 5.80. The maximum absolute atomic E-state index is 10.5. The van der Waals surface area contributed by atoms with Gasteiger partial charge in [-0.05, 0) is 12.1 Å². The minimum atomic E-state index is -1.23. The van der Waals surface area contributed by atoms with E-state index in [1.165, 1.54) is 24.3 Å². The van der Waals surface area contributed by atoms with E-state index in [1.54, 1.807) is 0 Å². The Morgan fingerprint density at radius 3 is 1.57 bits per heavy atom. The van der Waals surface area contributed by atoms with Crippen LogP contribution in [0.25, 0.3) is 0 Å². The summed E-state index contributed by atoms with van der Waals surface area (Å²) in [6, 6.07) is 5.48. The molecule has 0 heterocycles. The van der Waals surface area contributed by atoms with Gasteiger partial charge in [-0.2, -0.15) is 0 Å². The second-order valence-corrected chi connectivity index (χ2v) is 3.38. The number of nitrogens with one attached hydrogen (secondary N) is 1. The predicted octanol–water partition coefficient (Wildman–Crippen LogP) is -0.493. The number of hydrogen-bond acceptors (Lipinski definition) is 7. The second-order valence-electron chi connectivity index (χ2n) is 3.38. The number of aliphatic hydroxyl groups excluding tert-OH is 2. The quantitative estimate of drug-likeness (QED) is 0.317. The van der Waals surface area contributed by atoms with Gasteiger partial charge in [-0.3, -0.25) is 9.68 Å². The van der Waals surface area contributed by atoms with Crippen LogP contribution in [-0.4, -0.2) is 58.8 Å². The van der Waals surface area contributed by atoms with Gasteiger partial charge in [0, 0.05) is 0 Å². The van der Waals surface area contributed by atoms with Gasteiger partial charge in [0.2, 0.25) is 0 Å². The molecular weight excluding hydrogens is 286 g/mol. The molecule has 0 aromatic heterocycles. The van der Waals surface area contributed by atoms with Crippen LogP contribution in [0.2, 0.25) is 0 Å². The lowest BCUT2D eigenvalue weighted by atomic mass is 10.1. The van der Waals surface area contributed by atoms with Gasteiger partial charge in [-0.15, -0.1) is 0 Å². The number of aromatic carboxylic acids is 2. The fourth-order valence-electron chi connectivity index (χ4n) is 1.07. The molecule has 0 aliphatic heterocycles. The van der Waals surface area contributed by atoms with Gasteiger partial charge < -0.3 is 20.4 Å². The molecule has 0 amide bonds. The van der Waals surface area contributed by atoms with Crippen molar-refractivity contribution >= 4 is 11.9 Å². The first-order chi connectivity index (χ1) is 10.0. The van der Waals surface area contributed by atoms with Crippen molar-refractivity contribution in [3.63, 3.8) is 0 Å². The third kappa shape index (κ3) is 8.68. The first-order valence-corrected chi connectivity index (χ1v) is 5.80. The van der Waals surface area contributed by atoms with Gasteiger partial charge in [-0.1, -0.05) is 17.8 Å². The highest BCUT2D eigenvalue weighted by atomic mass is 16.9. The van der Waals surface area contributed by atoms with Gasteiger partial charge in [0.1, 0.15) is 0 Å². The average molecular weight is 303 g/mol. The molecule has 1 aromatic rings. The summed E-state index contributed by atoms with van der Waals surface area (Å²) in [5.41, 5.74) is 1.69. The largest absolute Gasteiger partial charge is 0.478 e. The van der Waals surface area contributed by atoms with Crippen molar-refractivity contribution in [3.8, 4) is 0 Å². The fourth-order valence-corrected chi connectivity index (χ4v) is 1.07. The van der Waals surface area contributed by atoms with Crippen molar-refractivity contribution in [1.82, 2.24) is 5.64 Å². The van der Waals surface area contributed by atoms with Crippen LogP contribution in [-0.2, 0) is 9.68 Å². The van der Waals surface area contributed by atoms with Crippen LogP contribution in [0.15, 0.2) is 24.3 Å². The highest BCUT2D eigenvalue weighted by Crippen LogP contribution is 2.07. The minimum Gasteiger partial charge on any atom is -0.478 e.